The van der Waals surface area contributed by atoms with Gasteiger partial charge in [0, 0.05) is 3.57 Å². The molecule has 0 aliphatic rings. The Labute approximate surface area is 90.4 Å². The Morgan fingerprint density at radius 2 is 2.00 bits per heavy atom. The average molecular weight is 291 g/mol. The molecule has 0 unspecified atom stereocenters. The Morgan fingerprint density at radius 1 is 1.46 bits per heavy atom. The Hall–Kier alpha value is -0.780. The maximum absolute atomic E-state index is 10.7. The first kappa shape index (κ1) is 10.3. The third-order valence-electron chi connectivity index (χ3n) is 1.53. The van der Waals surface area contributed by atoms with Gasteiger partial charge in [0.15, 0.2) is 6.10 Å². The molecule has 0 heterocycles. The molecule has 70 valence electrons. The van der Waals surface area contributed by atoms with Crippen LogP contribution in [0.25, 0.3) is 0 Å². The van der Waals surface area contributed by atoms with E-state index >= 15 is 0 Å². The highest BCUT2D eigenvalue weighted by Crippen LogP contribution is 2.14. The summed E-state index contributed by atoms with van der Waals surface area (Å²) in [5.74, 6) is 0.199. The van der Waals surface area contributed by atoms with Crippen molar-refractivity contribution in [3.8, 4) is 5.75 Å². The van der Waals surface area contributed by atoms with E-state index in [0.29, 0.717) is 5.75 Å². The van der Waals surface area contributed by atoms with Crippen LogP contribution in [0, 0.1) is 3.57 Å². The quantitative estimate of drug-likeness (QED) is 0.859. The second-order valence-electron chi connectivity index (χ2n) is 2.62. The molecule has 1 atom stereocenters. The first-order valence-electron chi connectivity index (χ1n) is 3.81. The third kappa shape index (κ3) is 3.22. The fraction of sp³-hybridized carbons (Fsp3) is 0.222. The van der Waals surface area contributed by atoms with Gasteiger partial charge in [-0.3, -0.25) is 4.79 Å². The van der Waals surface area contributed by atoms with Crippen molar-refractivity contribution >= 4 is 28.5 Å². The zero-order valence-corrected chi connectivity index (χ0v) is 9.32. The number of carbonyl (C=O) groups excluding carboxylic acids is 1. The summed E-state index contributed by atoms with van der Waals surface area (Å²) in [4.78, 5) is 10.7. The summed E-state index contributed by atoms with van der Waals surface area (Å²) in [5.41, 5.74) is 5.05. The Kier molecular flexibility index (Phi) is 3.53. The minimum atomic E-state index is -0.583. The molecule has 0 aliphatic heterocycles. The maximum Gasteiger partial charge on any atom is 0.258 e. The Bertz CT molecular complexity index is 297. The number of hydrogen-bond acceptors (Lipinski definition) is 2. The minimum absolute atomic E-state index is 0.460. The smallest absolute Gasteiger partial charge is 0.258 e. The number of benzene rings is 1. The molecule has 1 rings (SSSR count). The molecule has 0 fully saturated rings. The summed E-state index contributed by atoms with van der Waals surface area (Å²) in [6.07, 6.45) is -0.583. The van der Waals surface area contributed by atoms with Crippen molar-refractivity contribution in [3.05, 3.63) is 27.8 Å². The summed E-state index contributed by atoms with van der Waals surface area (Å²) in [6.45, 7) is 1.63. The van der Waals surface area contributed by atoms with Crippen LogP contribution in [0.5, 0.6) is 5.75 Å². The van der Waals surface area contributed by atoms with Crippen LogP contribution in [0.4, 0.5) is 0 Å². The molecule has 13 heavy (non-hydrogen) atoms. The molecular formula is C9H10INO2. The number of ether oxygens (including phenoxy) is 1. The van der Waals surface area contributed by atoms with Crippen molar-refractivity contribution in [2.24, 2.45) is 5.73 Å². The van der Waals surface area contributed by atoms with Crippen molar-refractivity contribution < 1.29 is 9.53 Å². The predicted molar refractivity (Wildman–Crippen MR) is 58.4 cm³/mol. The second-order valence-corrected chi connectivity index (χ2v) is 3.86. The zero-order valence-electron chi connectivity index (χ0n) is 7.16. The molecule has 0 aromatic heterocycles. The number of amides is 1. The largest absolute Gasteiger partial charge is 0.481 e. The summed E-state index contributed by atoms with van der Waals surface area (Å²) in [6, 6.07) is 7.43. The Balaban J connectivity index is 2.64. The Morgan fingerprint density at radius 3 is 2.46 bits per heavy atom. The van der Waals surface area contributed by atoms with E-state index in [-0.39, 0.29) is 0 Å². The fourth-order valence-electron chi connectivity index (χ4n) is 0.775. The second kappa shape index (κ2) is 4.45. The minimum Gasteiger partial charge on any atom is -0.481 e. The van der Waals surface area contributed by atoms with Gasteiger partial charge >= 0.3 is 0 Å². The van der Waals surface area contributed by atoms with Crippen LogP contribution in [0.2, 0.25) is 0 Å². The van der Waals surface area contributed by atoms with E-state index in [1.807, 2.05) is 12.1 Å². The van der Waals surface area contributed by atoms with Crippen LogP contribution >= 0.6 is 22.6 Å². The monoisotopic (exact) mass is 291 g/mol. The molecule has 4 heteroatoms. The molecule has 0 bridgehead atoms. The molecule has 0 aliphatic carbocycles. The molecule has 2 N–H and O–H groups in total. The maximum atomic E-state index is 10.7. The lowest BCUT2D eigenvalue weighted by molar-refractivity contribution is -0.123. The molecule has 0 saturated heterocycles. The van der Waals surface area contributed by atoms with Gasteiger partial charge in [-0.15, -0.1) is 0 Å². The van der Waals surface area contributed by atoms with Gasteiger partial charge in [0.25, 0.3) is 5.91 Å². The van der Waals surface area contributed by atoms with Crippen LogP contribution in [0.3, 0.4) is 0 Å². The van der Waals surface area contributed by atoms with Gasteiger partial charge in [-0.05, 0) is 53.8 Å². The van der Waals surface area contributed by atoms with Crippen LogP contribution in [-0.2, 0) is 4.79 Å². The zero-order chi connectivity index (χ0) is 9.84. The fourth-order valence-corrected chi connectivity index (χ4v) is 1.13. The highest BCUT2D eigenvalue weighted by molar-refractivity contribution is 14.1. The predicted octanol–water partition coefficient (Wildman–Crippen LogP) is 1.54. The van der Waals surface area contributed by atoms with Crippen molar-refractivity contribution in [2.75, 3.05) is 0 Å². The van der Waals surface area contributed by atoms with Gasteiger partial charge in [0.1, 0.15) is 5.75 Å². The first-order chi connectivity index (χ1) is 6.09. The lowest BCUT2D eigenvalue weighted by Crippen LogP contribution is -2.30. The topological polar surface area (TPSA) is 52.3 Å². The lowest BCUT2D eigenvalue weighted by Gasteiger charge is -2.10. The number of rotatable bonds is 3. The number of halogens is 1. The van der Waals surface area contributed by atoms with Gasteiger partial charge in [-0.25, -0.2) is 0 Å². The standard InChI is InChI=1S/C9H10INO2/c1-6(9(11)12)13-8-4-2-7(10)3-5-8/h2-6H,1H3,(H2,11,12)/t6-/m0/s1. The van der Waals surface area contributed by atoms with Crippen molar-refractivity contribution in [3.63, 3.8) is 0 Å². The van der Waals surface area contributed by atoms with Crippen molar-refractivity contribution in [1.82, 2.24) is 0 Å². The molecule has 3 nitrogen and oxygen atoms in total. The van der Waals surface area contributed by atoms with Crippen LogP contribution < -0.4 is 10.5 Å². The van der Waals surface area contributed by atoms with E-state index in [9.17, 15) is 4.79 Å². The molecule has 0 radical (unpaired) electrons. The summed E-state index contributed by atoms with van der Waals surface area (Å²) < 4.78 is 6.37. The number of primary amides is 1. The third-order valence-corrected chi connectivity index (χ3v) is 2.25. The normalized spacial score (nSPS) is 12.2. The summed E-state index contributed by atoms with van der Waals surface area (Å²) >= 11 is 2.20. The van der Waals surface area contributed by atoms with Crippen molar-refractivity contribution in [1.29, 1.82) is 0 Å². The molecule has 0 saturated carbocycles. The van der Waals surface area contributed by atoms with Gasteiger partial charge in [-0.2, -0.15) is 0 Å². The summed E-state index contributed by atoms with van der Waals surface area (Å²) in [7, 11) is 0. The van der Waals surface area contributed by atoms with Gasteiger partial charge in [0.05, 0.1) is 0 Å². The molecule has 1 aromatic carbocycles. The van der Waals surface area contributed by atoms with Crippen LogP contribution in [0.1, 0.15) is 6.92 Å². The van der Waals surface area contributed by atoms with E-state index in [4.69, 9.17) is 10.5 Å². The van der Waals surface area contributed by atoms with E-state index in [1.54, 1.807) is 19.1 Å². The van der Waals surface area contributed by atoms with Gasteiger partial charge in [-0.1, -0.05) is 0 Å². The van der Waals surface area contributed by atoms with E-state index in [0.717, 1.165) is 3.57 Å². The first-order valence-corrected chi connectivity index (χ1v) is 4.89. The highest BCUT2D eigenvalue weighted by Gasteiger charge is 2.09. The van der Waals surface area contributed by atoms with E-state index < -0.39 is 12.0 Å². The molecule has 1 aromatic rings. The highest BCUT2D eigenvalue weighted by atomic mass is 127. The average Bonchev–Trinajstić information content (AvgIpc) is 2.08. The van der Waals surface area contributed by atoms with Crippen molar-refractivity contribution in [2.45, 2.75) is 13.0 Å². The molecular weight excluding hydrogens is 281 g/mol. The lowest BCUT2D eigenvalue weighted by atomic mass is 10.3. The van der Waals surface area contributed by atoms with E-state index in [2.05, 4.69) is 22.6 Å². The van der Waals surface area contributed by atoms with Gasteiger partial charge in [0.2, 0.25) is 0 Å². The SMILES string of the molecule is C[C@H](Oc1ccc(I)cc1)C(N)=O. The number of carbonyl (C=O) groups is 1. The molecule has 1 amide bonds. The summed E-state index contributed by atoms with van der Waals surface area (Å²) in [5, 5.41) is 0. The number of nitrogens with two attached hydrogens (primary N) is 1. The number of hydrogen-bond donors (Lipinski definition) is 1. The van der Waals surface area contributed by atoms with E-state index in [1.165, 1.54) is 0 Å². The van der Waals surface area contributed by atoms with Crippen LogP contribution in [0.15, 0.2) is 24.3 Å². The van der Waals surface area contributed by atoms with Gasteiger partial charge < -0.3 is 10.5 Å². The van der Waals surface area contributed by atoms with Crippen LogP contribution in [-0.4, -0.2) is 12.0 Å². The molecule has 0 spiro atoms.